The van der Waals surface area contributed by atoms with E-state index in [-0.39, 0.29) is 16.5 Å². The van der Waals surface area contributed by atoms with Crippen LogP contribution in [0.1, 0.15) is 20.8 Å². The Hall–Kier alpha value is -0.420. The SMILES string of the molecule is COC(=O)[C@H](CSC(C)C(C)Cl)NC(C)=O. The molecule has 0 aliphatic heterocycles. The van der Waals surface area contributed by atoms with Gasteiger partial charge in [0.15, 0.2) is 0 Å². The van der Waals surface area contributed by atoms with Crippen molar-refractivity contribution in [1.29, 1.82) is 0 Å². The number of ether oxygens (including phenoxy) is 1. The minimum atomic E-state index is -0.606. The molecule has 0 heterocycles. The molecule has 0 aromatic heterocycles. The summed E-state index contributed by atoms with van der Waals surface area (Å²) in [5.41, 5.74) is 0. The van der Waals surface area contributed by atoms with Crippen LogP contribution in [-0.2, 0) is 14.3 Å². The molecule has 6 heteroatoms. The Bertz CT molecular complexity index is 248. The molecule has 3 atom stereocenters. The number of amides is 1. The third-order valence-corrected chi connectivity index (χ3v) is 4.02. The first-order valence-corrected chi connectivity index (χ1v) is 6.47. The number of hydrogen-bond donors (Lipinski definition) is 1. The molecule has 94 valence electrons. The molecule has 0 fully saturated rings. The summed E-state index contributed by atoms with van der Waals surface area (Å²) in [6.07, 6.45) is 0. The highest BCUT2D eigenvalue weighted by Gasteiger charge is 2.22. The number of alkyl halides is 1. The van der Waals surface area contributed by atoms with Crippen molar-refractivity contribution in [3.63, 3.8) is 0 Å². The molecule has 0 aliphatic carbocycles. The molecule has 0 saturated heterocycles. The summed E-state index contributed by atoms with van der Waals surface area (Å²) < 4.78 is 4.61. The maximum absolute atomic E-state index is 11.3. The van der Waals surface area contributed by atoms with Gasteiger partial charge in [-0.2, -0.15) is 11.8 Å². The topological polar surface area (TPSA) is 55.4 Å². The van der Waals surface area contributed by atoms with E-state index in [1.165, 1.54) is 25.8 Å². The molecule has 1 N–H and O–H groups in total. The lowest BCUT2D eigenvalue weighted by molar-refractivity contribution is -0.144. The molecule has 0 saturated carbocycles. The fraction of sp³-hybridized carbons (Fsp3) is 0.800. The second-order valence-electron chi connectivity index (χ2n) is 3.49. The molecule has 4 nitrogen and oxygen atoms in total. The van der Waals surface area contributed by atoms with Gasteiger partial charge in [0.1, 0.15) is 6.04 Å². The summed E-state index contributed by atoms with van der Waals surface area (Å²) >= 11 is 7.44. The van der Waals surface area contributed by atoms with Crippen LogP contribution in [0.15, 0.2) is 0 Å². The molecule has 2 unspecified atom stereocenters. The Balaban J connectivity index is 4.21. The van der Waals surface area contributed by atoms with E-state index in [1.807, 2.05) is 13.8 Å². The van der Waals surface area contributed by atoms with Crippen LogP contribution >= 0.6 is 23.4 Å². The second-order valence-corrected chi connectivity index (χ2v) is 5.59. The molecular weight excluding hydrogens is 250 g/mol. The normalized spacial score (nSPS) is 16.1. The van der Waals surface area contributed by atoms with Gasteiger partial charge in [0.25, 0.3) is 0 Å². The average molecular weight is 268 g/mol. The summed E-state index contributed by atoms with van der Waals surface area (Å²) in [5, 5.41) is 2.77. The highest BCUT2D eigenvalue weighted by atomic mass is 35.5. The van der Waals surface area contributed by atoms with Crippen molar-refractivity contribution in [2.24, 2.45) is 0 Å². The zero-order valence-electron chi connectivity index (χ0n) is 9.95. The number of nitrogens with one attached hydrogen (secondary N) is 1. The Morgan fingerprint density at radius 1 is 1.44 bits per heavy atom. The van der Waals surface area contributed by atoms with Crippen LogP contribution < -0.4 is 5.32 Å². The first-order chi connectivity index (χ1) is 7.38. The Morgan fingerprint density at radius 3 is 2.38 bits per heavy atom. The average Bonchev–Trinajstić information content (AvgIpc) is 2.21. The number of hydrogen-bond acceptors (Lipinski definition) is 4. The van der Waals surface area contributed by atoms with Crippen LogP contribution in [-0.4, -0.2) is 41.4 Å². The van der Waals surface area contributed by atoms with Gasteiger partial charge >= 0.3 is 5.97 Å². The summed E-state index contributed by atoms with van der Waals surface area (Å²) in [5.74, 6) is -0.218. The van der Waals surface area contributed by atoms with Gasteiger partial charge in [0.2, 0.25) is 5.91 Å². The number of halogens is 1. The second kappa shape index (κ2) is 7.79. The van der Waals surface area contributed by atoms with E-state index < -0.39 is 12.0 Å². The maximum Gasteiger partial charge on any atom is 0.329 e. The van der Waals surface area contributed by atoms with Crippen molar-refractivity contribution < 1.29 is 14.3 Å². The highest BCUT2D eigenvalue weighted by Crippen LogP contribution is 2.19. The van der Waals surface area contributed by atoms with E-state index >= 15 is 0 Å². The summed E-state index contributed by atoms with van der Waals surface area (Å²) in [6, 6.07) is -0.606. The molecule has 0 spiro atoms. The van der Waals surface area contributed by atoms with Crippen molar-refractivity contribution in [1.82, 2.24) is 5.32 Å². The molecule has 0 aromatic carbocycles. The van der Waals surface area contributed by atoms with E-state index in [0.717, 1.165) is 0 Å². The van der Waals surface area contributed by atoms with Gasteiger partial charge in [0.05, 0.1) is 7.11 Å². The molecule has 0 radical (unpaired) electrons. The largest absolute Gasteiger partial charge is 0.467 e. The maximum atomic E-state index is 11.3. The minimum Gasteiger partial charge on any atom is -0.467 e. The van der Waals surface area contributed by atoms with Gasteiger partial charge in [-0.05, 0) is 6.92 Å². The van der Waals surface area contributed by atoms with E-state index in [0.29, 0.717) is 5.75 Å². The van der Waals surface area contributed by atoms with Crippen LogP contribution in [0.2, 0.25) is 0 Å². The van der Waals surface area contributed by atoms with Crippen molar-refractivity contribution >= 4 is 35.2 Å². The number of rotatable bonds is 6. The van der Waals surface area contributed by atoms with Crippen molar-refractivity contribution in [3.8, 4) is 0 Å². The lowest BCUT2D eigenvalue weighted by Gasteiger charge is -2.18. The van der Waals surface area contributed by atoms with Gasteiger partial charge in [-0.1, -0.05) is 6.92 Å². The van der Waals surface area contributed by atoms with Gasteiger partial charge in [0, 0.05) is 23.3 Å². The quantitative estimate of drug-likeness (QED) is 0.584. The first-order valence-electron chi connectivity index (χ1n) is 4.99. The van der Waals surface area contributed by atoms with Gasteiger partial charge in [-0.3, -0.25) is 4.79 Å². The van der Waals surface area contributed by atoms with Gasteiger partial charge in [-0.25, -0.2) is 4.79 Å². The molecule has 0 aromatic rings. The Morgan fingerprint density at radius 2 is 2.00 bits per heavy atom. The first kappa shape index (κ1) is 15.6. The van der Waals surface area contributed by atoms with Crippen LogP contribution in [0.25, 0.3) is 0 Å². The molecule has 0 aliphatic rings. The van der Waals surface area contributed by atoms with Crippen molar-refractivity contribution in [2.75, 3.05) is 12.9 Å². The molecular formula is C10H18ClNO3S. The van der Waals surface area contributed by atoms with E-state index in [4.69, 9.17) is 11.6 Å². The van der Waals surface area contributed by atoms with Gasteiger partial charge < -0.3 is 10.1 Å². The van der Waals surface area contributed by atoms with E-state index in [9.17, 15) is 9.59 Å². The Labute approximate surface area is 105 Å². The van der Waals surface area contributed by atoms with E-state index in [2.05, 4.69) is 10.1 Å². The standard InChI is InChI=1S/C10H18ClNO3S/c1-6(11)7(2)16-5-9(10(14)15-4)12-8(3)13/h6-7,9H,5H2,1-4H3,(H,12,13)/t6?,7?,9-/m0/s1. The van der Waals surface area contributed by atoms with Crippen molar-refractivity contribution in [2.45, 2.75) is 37.4 Å². The van der Waals surface area contributed by atoms with Crippen LogP contribution in [0.4, 0.5) is 0 Å². The predicted molar refractivity (Wildman–Crippen MR) is 66.9 cm³/mol. The zero-order valence-corrected chi connectivity index (χ0v) is 11.5. The Kier molecular flexibility index (Phi) is 7.58. The summed E-state index contributed by atoms with van der Waals surface area (Å²) in [7, 11) is 1.30. The number of thioether (sulfide) groups is 1. The van der Waals surface area contributed by atoms with Gasteiger partial charge in [-0.15, -0.1) is 11.6 Å². The smallest absolute Gasteiger partial charge is 0.329 e. The third kappa shape index (κ3) is 6.23. The van der Waals surface area contributed by atoms with E-state index in [1.54, 1.807) is 0 Å². The lowest BCUT2D eigenvalue weighted by Crippen LogP contribution is -2.42. The third-order valence-electron chi connectivity index (χ3n) is 2.04. The predicted octanol–water partition coefficient (Wildman–Crippen LogP) is 1.41. The zero-order chi connectivity index (χ0) is 12.7. The fourth-order valence-corrected chi connectivity index (χ4v) is 2.14. The molecule has 0 rings (SSSR count). The van der Waals surface area contributed by atoms with Crippen LogP contribution in [0.3, 0.4) is 0 Å². The van der Waals surface area contributed by atoms with Crippen molar-refractivity contribution in [3.05, 3.63) is 0 Å². The molecule has 0 bridgehead atoms. The van der Waals surface area contributed by atoms with Crippen LogP contribution in [0.5, 0.6) is 0 Å². The summed E-state index contributed by atoms with van der Waals surface area (Å²) in [4.78, 5) is 22.2. The highest BCUT2D eigenvalue weighted by molar-refractivity contribution is 8.00. The monoisotopic (exact) mass is 267 g/mol. The van der Waals surface area contributed by atoms with Crippen LogP contribution in [0, 0.1) is 0 Å². The number of esters is 1. The fourth-order valence-electron chi connectivity index (χ4n) is 0.937. The number of methoxy groups -OCH3 is 1. The molecule has 16 heavy (non-hydrogen) atoms. The lowest BCUT2D eigenvalue weighted by atomic mass is 10.3. The minimum absolute atomic E-state index is 0.0145. The number of carbonyl (C=O) groups excluding carboxylic acids is 2. The summed E-state index contributed by atoms with van der Waals surface area (Å²) in [6.45, 7) is 5.24. The number of carbonyl (C=O) groups is 2. The molecule has 1 amide bonds.